The van der Waals surface area contributed by atoms with Gasteiger partial charge in [0, 0.05) is 33.3 Å². The molecule has 0 unspecified atom stereocenters. The Balaban J connectivity index is 0.00000225. The highest BCUT2D eigenvalue weighted by Crippen LogP contribution is 2.03. The lowest BCUT2D eigenvalue weighted by Gasteiger charge is -2.17. The van der Waals surface area contributed by atoms with E-state index in [2.05, 4.69) is 32.6 Å². The molecule has 0 aliphatic carbocycles. The molecule has 132 valence electrons. The van der Waals surface area contributed by atoms with Crippen molar-refractivity contribution in [1.82, 2.24) is 24.8 Å². The Labute approximate surface area is 165 Å². The predicted octanol–water partition coefficient (Wildman–Crippen LogP) is 2.60. The number of guanidine groups is 1. The highest BCUT2D eigenvalue weighted by molar-refractivity contribution is 14.0. The zero-order chi connectivity index (χ0) is 16.8. The smallest absolute Gasteiger partial charge is 0.193 e. The first-order valence-electron chi connectivity index (χ1n) is 8.02. The first-order chi connectivity index (χ1) is 11.7. The number of nitrogens with zero attached hydrogens (tertiary/aromatic N) is 5. The molecule has 0 aliphatic rings. The average molecular weight is 450 g/mol. The van der Waals surface area contributed by atoms with Gasteiger partial charge in [0.1, 0.15) is 5.82 Å². The number of aliphatic imine (C=N–C) groups is 1. The van der Waals surface area contributed by atoms with Gasteiger partial charge in [0.15, 0.2) is 11.6 Å². The Morgan fingerprint density at radius 2 is 1.84 bits per heavy atom. The summed E-state index contributed by atoms with van der Waals surface area (Å²) < 4.78 is 2.01. The van der Waals surface area contributed by atoms with Gasteiger partial charge < -0.3 is 10.2 Å². The standard InChI is InChI=1S/C18H22N6.HI/c1-23(2)18(20-14-15-8-4-3-5-9-15)19-12-11-17-22-21-16-10-6-7-13-24(16)17;/h3-10,13H,11-12,14H2,1-2H3,(H,19,20);1H. The van der Waals surface area contributed by atoms with Crippen molar-refractivity contribution in [2.45, 2.75) is 13.0 Å². The molecule has 25 heavy (non-hydrogen) atoms. The molecule has 1 aromatic carbocycles. The first-order valence-corrected chi connectivity index (χ1v) is 8.02. The summed E-state index contributed by atoms with van der Waals surface area (Å²) in [6.07, 6.45) is 2.77. The normalized spacial score (nSPS) is 11.2. The van der Waals surface area contributed by atoms with E-state index in [0.29, 0.717) is 6.54 Å². The van der Waals surface area contributed by atoms with Crippen LogP contribution in [-0.2, 0) is 13.0 Å². The summed E-state index contributed by atoms with van der Waals surface area (Å²) in [6.45, 7) is 1.41. The maximum atomic E-state index is 4.66. The number of rotatable bonds is 5. The fourth-order valence-electron chi connectivity index (χ4n) is 2.45. The van der Waals surface area contributed by atoms with Crippen LogP contribution in [0.1, 0.15) is 11.4 Å². The predicted molar refractivity (Wildman–Crippen MR) is 111 cm³/mol. The second-order valence-electron chi connectivity index (χ2n) is 5.74. The van der Waals surface area contributed by atoms with Gasteiger partial charge in [-0.2, -0.15) is 0 Å². The van der Waals surface area contributed by atoms with Crippen LogP contribution in [0.3, 0.4) is 0 Å². The highest BCUT2D eigenvalue weighted by Gasteiger charge is 2.06. The van der Waals surface area contributed by atoms with Crippen LogP contribution in [0.2, 0.25) is 0 Å². The van der Waals surface area contributed by atoms with Gasteiger partial charge in [-0.3, -0.25) is 4.40 Å². The summed E-state index contributed by atoms with van der Waals surface area (Å²) >= 11 is 0. The van der Waals surface area contributed by atoms with Crippen LogP contribution in [0.5, 0.6) is 0 Å². The van der Waals surface area contributed by atoms with Crippen LogP contribution in [0.15, 0.2) is 59.7 Å². The third-order valence-corrected chi connectivity index (χ3v) is 3.69. The minimum absolute atomic E-state index is 0. The van der Waals surface area contributed by atoms with E-state index in [1.807, 2.05) is 66.0 Å². The SMILES string of the molecule is CN(C)C(=NCc1ccccc1)NCCc1nnc2ccccn12.I. The van der Waals surface area contributed by atoms with Crippen LogP contribution < -0.4 is 5.32 Å². The molecule has 7 heteroatoms. The molecule has 0 fully saturated rings. The molecule has 2 aromatic heterocycles. The number of aromatic nitrogens is 3. The fraction of sp³-hybridized carbons (Fsp3) is 0.278. The van der Waals surface area contributed by atoms with Crippen LogP contribution in [0, 0.1) is 0 Å². The van der Waals surface area contributed by atoms with Gasteiger partial charge in [-0.05, 0) is 17.7 Å². The lowest BCUT2D eigenvalue weighted by Crippen LogP contribution is -2.37. The van der Waals surface area contributed by atoms with Gasteiger partial charge in [0.2, 0.25) is 0 Å². The molecular weight excluding hydrogens is 427 g/mol. The quantitative estimate of drug-likeness (QED) is 0.369. The number of pyridine rings is 1. The van der Waals surface area contributed by atoms with E-state index in [-0.39, 0.29) is 24.0 Å². The van der Waals surface area contributed by atoms with Crippen molar-refractivity contribution in [3.8, 4) is 0 Å². The summed E-state index contributed by atoms with van der Waals surface area (Å²) in [7, 11) is 3.98. The maximum absolute atomic E-state index is 4.66. The Morgan fingerprint density at radius 3 is 2.60 bits per heavy atom. The van der Waals surface area contributed by atoms with E-state index in [1.54, 1.807) is 0 Å². The summed E-state index contributed by atoms with van der Waals surface area (Å²) in [5.41, 5.74) is 2.07. The molecule has 0 atom stereocenters. The van der Waals surface area contributed by atoms with Gasteiger partial charge in [0.05, 0.1) is 6.54 Å². The van der Waals surface area contributed by atoms with Crippen molar-refractivity contribution in [2.24, 2.45) is 4.99 Å². The van der Waals surface area contributed by atoms with Crippen LogP contribution >= 0.6 is 24.0 Å². The second kappa shape index (κ2) is 9.36. The zero-order valence-electron chi connectivity index (χ0n) is 14.5. The molecule has 0 radical (unpaired) electrons. The van der Waals surface area contributed by atoms with Crippen LogP contribution in [0.4, 0.5) is 0 Å². The number of halogens is 1. The Hall–Kier alpha value is -2.16. The lowest BCUT2D eigenvalue weighted by atomic mass is 10.2. The van der Waals surface area contributed by atoms with Gasteiger partial charge in [0.25, 0.3) is 0 Å². The van der Waals surface area contributed by atoms with Crippen molar-refractivity contribution in [3.05, 3.63) is 66.1 Å². The van der Waals surface area contributed by atoms with E-state index in [4.69, 9.17) is 0 Å². The molecule has 3 aromatic rings. The summed E-state index contributed by atoms with van der Waals surface area (Å²) in [4.78, 5) is 6.65. The fourth-order valence-corrected chi connectivity index (χ4v) is 2.45. The molecule has 0 bridgehead atoms. The van der Waals surface area contributed by atoms with Crippen LogP contribution in [0.25, 0.3) is 5.65 Å². The topological polar surface area (TPSA) is 57.8 Å². The molecule has 0 saturated heterocycles. The zero-order valence-corrected chi connectivity index (χ0v) is 16.8. The van der Waals surface area contributed by atoms with E-state index in [0.717, 1.165) is 30.4 Å². The molecule has 0 amide bonds. The number of nitrogens with one attached hydrogen (secondary N) is 1. The minimum atomic E-state index is 0. The maximum Gasteiger partial charge on any atom is 0.193 e. The average Bonchev–Trinajstić information content (AvgIpc) is 3.02. The number of hydrogen-bond acceptors (Lipinski definition) is 3. The number of benzene rings is 1. The first kappa shape index (κ1) is 19.2. The third kappa shape index (κ3) is 5.15. The minimum Gasteiger partial charge on any atom is -0.356 e. The van der Waals surface area contributed by atoms with E-state index in [1.165, 1.54) is 5.56 Å². The second-order valence-corrected chi connectivity index (χ2v) is 5.74. The van der Waals surface area contributed by atoms with Gasteiger partial charge in [-0.1, -0.05) is 36.4 Å². The van der Waals surface area contributed by atoms with Crippen molar-refractivity contribution >= 4 is 35.6 Å². The lowest BCUT2D eigenvalue weighted by molar-refractivity contribution is 0.577. The highest BCUT2D eigenvalue weighted by atomic mass is 127. The Kier molecular flexibility index (Phi) is 7.17. The van der Waals surface area contributed by atoms with Gasteiger partial charge >= 0.3 is 0 Å². The van der Waals surface area contributed by atoms with Gasteiger partial charge in [-0.25, -0.2) is 4.99 Å². The van der Waals surface area contributed by atoms with Crippen molar-refractivity contribution < 1.29 is 0 Å². The summed E-state index contributed by atoms with van der Waals surface area (Å²) in [6, 6.07) is 16.1. The molecule has 6 nitrogen and oxygen atoms in total. The van der Waals surface area contributed by atoms with Gasteiger partial charge in [-0.15, -0.1) is 34.2 Å². The van der Waals surface area contributed by atoms with E-state index >= 15 is 0 Å². The Morgan fingerprint density at radius 1 is 1.08 bits per heavy atom. The molecule has 0 saturated carbocycles. The monoisotopic (exact) mass is 450 g/mol. The molecular formula is C18H23IN6. The van der Waals surface area contributed by atoms with Crippen molar-refractivity contribution in [3.63, 3.8) is 0 Å². The van der Waals surface area contributed by atoms with E-state index in [9.17, 15) is 0 Å². The summed E-state index contributed by atoms with van der Waals surface area (Å²) in [5.74, 6) is 1.81. The summed E-state index contributed by atoms with van der Waals surface area (Å²) in [5, 5.41) is 11.8. The molecule has 0 aliphatic heterocycles. The van der Waals surface area contributed by atoms with E-state index < -0.39 is 0 Å². The van der Waals surface area contributed by atoms with Crippen LogP contribution in [-0.4, -0.2) is 46.1 Å². The number of hydrogen-bond donors (Lipinski definition) is 1. The largest absolute Gasteiger partial charge is 0.356 e. The van der Waals surface area contributed by atoms with Crippen molar-refractivity contribution in [1.29, 1.82) is 0 Å². The molecule has 2 heterocycles. The van der Waals surface area contributed by atoms with Crippen molar-refractivity contribution in [2.75, 3.05) is 20.6 Å². The molecule has 3 rings (SSSR count). The molecule has 0 spiro atoms. The molecule has 1 N–H and O–H groups in total. The number of fused-ring (bicyclic) bond motifs is 1. The Bertz CT molecular complexity index is 813. The third-order valence-electron chi connectivity index (χ3n) is 3.69.